The third kappa shape index (κ3) is 1.81. The molecule has 1 N–H and O–H groups in total. The molecule has 7 fully saturated rings. The van der Waals surface area contributed by atoms with Crippen molar-refractivity contribution >= 4 is 17.9 Å². The van der Waals surface area contributed by atoms with Crippen molar-refractivity contribution in [3.63, 3.8) is 0 Å². The van der Waals surface area contributed by atoms with Crippen LogP contribution in [0.25, 0.3) is 0 Å². The molecule has 6 saturated carbocycles. The highest BCUT2D eigenvalue weighted by molar-refractivity contribution is 5.85. The van der Waals surface area contributed by atoms with E-state index in [0.717, 1.165) is 19.3 Å². The number of carboxylic acid groups (broad SMARTS) is 1. The van der Waals surface area contributed by atoms with Crippen LogP contribution in [-0.2, 0) is 23.9 Å². The first-order valence-corrected chi connectivity index (χ1v) is 10.1. The van der Waals surface area contributed by atoms with Gasteiger partial charge in [-0.3, -0.25) is 14.4 Å². The molecule has 26 heavy (non-hydrogen) atoms. The van der Waals surface area contributed by atoms with Crippen LogP contribution in [0.15, 0.2) is 0 Å². The van der Waals surface area contributed by atoms with Crippen LogP contribution in [0.2, 0.25) is 0 Å². The van der Waals surface area contributed by atoms with Crippen LogP contribution in [0.3, 0.4) is 0 Å². The minimum absolute atomic E-state index is 0.0947. The first kappa shape index (κ1) is 15.5. The molecule has 7 rings (SSSR count). The average Bonchev–Trinajstić information content (AvgIpc) is 3.16. The quantitative estimate of drug-likeness (QED) is 0.775. The van der Waals surface area contributed by atoms with E-state index in [4.69, 9.17) is 9.47 Å². The van der Waals surface area contributed by atoms with Gasteiger partial charge in [0.15, 0.2) is 0 Å². The Morgan fingerprint density at radius 1 is 1.00 bits per heavy atom. The molecule has 1 saturated heterocycles. The summed E-state index contributed by atoms with van der Waals surface area (Å²) in [6.45, 7) is 0. The van der Waals surface area contributed by atoms with Crippen molar-refractivity contribution < 1.29 is 29.0 Å². The van der Waals surface area contributed by atoms with E-state index in [2.05, 4.69) is 0 Å². The van der Waals surface area contributed by atoms with Crippen molar-refractivity contribution in [3.8, 4) is 0 Å². The van der Waals surface area contributed by atoms with Crippen molar-refractivity contribution in [2.24, 2.45) is 46.8 Å². The standard InChI is InChI=1S/C20H24O6/c21-17(22)13-11-4-12-14(13)18(23)25-15(12)16(11)26-19(24)20-5-8-1-9(6-20)3-10(2-8)7-20/h8-16H,1-7H2,(H,21,22). The van der Waals surface area contributed by atoms with Crippen molar-refractivity contribution in [3.05, 3.63) is 0 Å². The van der Waals surface area contributed by atoms with Gasteiger partial charge in [0.2, 0.25) is 0 Å². The van der Waals surface area contributed by atoms with E-state index in [0.29, 0.717) is 24.2 Å². The largest absolute Gasteiger partial charge is 0.481 e. The van der Waals surface area contributed by atoms with Crippen molar-refractivity contribution in [2.75, 3.05) is 0 Å². The maximum absolute atomic E-state index is 13.3. The molecule has 0 spiro atoms. The summed E-state index contributed by atoms with van der Waals surface area (Å²) >= 11 is 0. The van der Waals surface area contributed by atoms with Gasteiger partial charge in [-0.05, 0) is 62.7 Å². The number of carbonyl (C=O) groups excluding carboxylic acids is 2. The highest BCUT2D eigenvalue weighted by Gasteiger charge is 2.70. The summed E-state index contributed by atoms with van der Waals surface area (Å²) in [5.74, 6) is -1.26. The van der Waals surface area contributed by atoms with Crippen molar-refractivity contribution in [1.82, 2.24) is 0 Å². The highest BCUT2D eigenvalue weighted by Crippen LogP contribution is 2.62. The monoisotopic (exact) mass is 360 g/mol. The Bertz CT molecular complexity index is 678. The predicted molar refractivity (Wildman–Crippen MR) is 86.6 cm³/mol. The molecule has 6 aliphatic carbocycles. The summed E-state index contributed by atoms with van der Waals surface area (Å²) in [5.41, 5.74) is -0.364. The summed E-state index contributed by atoms with van der Waals surface area (Å²) in [4.78, 5) is 37.1. The Morgan fingerprint density at radius 3 is 2.19 bits per heavy atom. The lowest BCUT2D eigenvalue weighted by molar-refractivity contribution is -0.187. The van der Waals surface area contributed by atoms with Gasteiger partial charge < -0.3 is 14.6 Å². The van der Waals surface area contributed by atoms with E-state index in [-0.39, 0.29) is 23.2 Å². The predicted octanol–water partition coefficient (Wildman–Crippen LogP) is 2.01. The molecule has 140 valence electrons. The Morgan fingerprint density at radius 2 is 1.62 bits per heavy atom. The third-order valence-corrected chi connectivity index (χ3v) is 8.55. The molecular formula is C20H24O6. The van der Waals surface area contributed by atoms with Gasteiger partial charge in [-0.2, -0.15) is 0 Å². The van der Waals surface area contributed by atoms with Gasteiger partial charge in [-0.1, -0.05) is 0 Å². The van der Waals surface area contributed by atoms with Crippen LogP contribution in [0.4, 0.5) is 0 Å². The normalized spacial score (nSPS) is 55.2. The number of carboxylic acids is 1. The molecule has 0 aromatic carbocycles. The molecule has 0 amide bonds. The van der Waals surface area contributed by atoms with E-state index in [1.165, 1.54) is 19.3 Å². The smallest absolute Gasteiger partial charge is 0.312 e. The van der Waals surface area contributed by atoms with Gasteiger partial charge in [-0.15, -0.1) is 0 Å². The van der Waals surface area contributed by atoms with Gasteiger partial charge >= 0.3 is 17.9 Å². The lowest BCUT2D eigenvalue weighted by Crippen LogP contribution is -2.52. The third-order valence-electron chi connectivity index (χ3n) is 8.55. The van der Waals surface area contributed by atoms with E-state index < -0.39 is 36.0 Å². The molecule has 7 aliphatic rings. The van der Waals surface area contributed by atoms with E-state index in [1.54, 1.807) is 0 Å². The molecule has 1 heterocycles. The minimum Gasteiger partial charge on any atom is -0.481 e. The van der Waals surface area contributed by atoms with Crippen molar-refractivity contribution in [1.29, 1.82) is 0 Å². The molecular weight excluding hydrogens is 336 g/mol. The average molecular weight is 360 g/mol. The van der Waals surface area contributed by atoms with E-state index >= 15 is 0 Å². The molecule has 6 unspecified atom stereocenters. The molecule has 6 bridgehead atoms. The maximum atomic E-state index is 13.3. The second-order valence-electron chi connectivity index (χ2n) is 9.92. The van der Waals surface area contributed by atoms with Crippen LogP contribution < -0.4 is 0 Å². The van der Waals surface area contributed by atoms with Crippen LogP contribution >= 0.6 is 0 Å². The number of hydrogen-bond acceptors (Lipinski definition) is 5. The second-order valence-corrected chi connectivity index (χ2v) is 9.92. The molecule has 0 aromatic rings. The maximum Gasteiger partial charge on any atom is 0.312 e. The molecule has 0 radical (unpaired) electrons. The molecule has 1 aliphatic heterocycles. The number of aliphatic carboxylic acids is 1. The number of rotatable bonds is 3. The van der Waals surface area contributed by atoms with E-state index in [1.807, 2.05) is 0 Å². The number of ether oxygens (including phenoxy) is 2. The van der Waals surface area contributed by atoms with Crippen LogP contribution in [0.5, 0.6) is 0 Å². The molecule has 6 nitrogen and oxygen atoms in total. The Hall–Kier alpha value is -1.59. The summed E-state index contributed by atoms with van der Waals surface area (Å²) in [6.07, 6.45) is 6.17. The van der Waals surface area contributed by atoms with Gasteiger partial charge in [-0.25, -0.2) is 0 Å². The van der Waals surface area contributed by atoms with Gasteiger partial charge in [0.1, 0.15) is 12.2 Å². The second kappa shape index (κ2) is 4.82. The Labute approximate surface area is 151 Å². The Balaban J connectivity index is 1.27. The SMILES string of the molecule is O=C(O)C1C2CC3C(OC(=O)C31)C2OC(=O)C12CC3CC(CC(C3)C1)C2. The number of fused-ring (bicyclic) bond motifs is 1. The lowest BCUT2D eigenvalue weighted by Gasteiger charge is -2.55. The Kier molecular flexibility index (Phi) is 2.86. The topological polar surface area (TPSA) is 89.9 Å². The zero-order valence-corrected chi connectivity index (χ0v) is 14.6. The van der Waals surface area contributed by atoms with E-state index in [9.17, 15) is 19.5 Å². The fourth-order valence-electron chi connectivity index (χ4n) is 8.09. The highest BCUT2D eigenvalue weighted by atomic mass is 16.6. The molecule has 6 heteroatoms. The van der Waals surface area contributed by atoms with Crippen LogP contribution in [0.1, 0.15) is 44.9 Å². The molecule has 0 aromatic heterocycles. The van der Waals surface area contributed by atoms with Gasteiger partial charge in [0.25, 0.3) is 0 Å². The summed E-state index contributed by atoms with van der Waals surface area (Å²) in [7, 11) is 0. The number of hydrogen-bond donors (Lipinski definition) is 1. The van der Waals surface area contributed by atoms with Gasteiger partial charge in [0, 0.05) is 11.8 Å². The zero-order valence-electron chi connectivity index (χ0n) is 14.6. The lowest BCUT2D eigenvalue weighted by atomic mass is 9.49. The zero-order chi connectivity index (χ0) is 17.8. The first-order valence-electron chi connectivity index (χ1n) is 10.1. The van der Waals surface area contributed by atoms with Gasteiger partial charge in [0.05, 0.1) is 17.3 Å². The fourth-order valence-corrected chi connectivity index (χ4v) is 8.09. The summed E-state index contributed by atoms with van der Waals surface area (Å²) < 4.78 is 11.5. The molecule has 6 atom stereocenters. The minimum atomic E-state index is -0.962. The summed E-state index contributed by atoms with van der Waals surface area (Å²) in [6, 6.07) is 0. The fraction of sp³-hybridized carbons (Fsp3) is 0.850. The van der Waals surface area contributed by atoms with Crippen LogP contribution in [-0.4, -0.2) is 35.2 Å². The number of esters is 2. The number of carbonyl (C=O) groups is 3. The van der Waals surface area contributed by atoms with Crippen LogP contribution in [0, 0.1) is 46.8 Å². The van der Waals surface area contributed by atoms with Crippen molar-refractivity contribution in [2.45, 2.75) is 57.2 Å². The first-order chi connectivity index (χ1) is 12.4. The summed E-state index contributed by atoms with van der Waals surface area (Å²) in [5, 5.41) is 9.61.